The number of ether oxygens (including phenoxy) is 2. The predicted octanol–water partition coefficient (Wildman–Crippen LogP) is 2.79. The second kappa shape index (κ2) is 7.49. The maximum atomic E-state index is 11.4. The number of anilines is 2. The highest BCUT2D eigenvalue weighted by Gasteiger charge is 2.14. The van der Waals surface area contributed by atoms with Crippen LogP contribution in [0.15, 0.2) is 12.1 Å². The van der Waals surface area contributed by atoms with E-state index in [1.807, 2.05) is 0 Å². The summed E-state index contributed by atoms with van der Waals surface area (Å²) in [6.45, 7) is 4.37. The Labute approximate surface area is 126 Å². The zero-order valence-electron chi connectivity index (χ0n) is 11.8. The van der Waals surface area contributed by atoms with Crippen molar-refractivity contribution in [3.8, 4) is 5.75 Å². The number of benzene rings is 1. The number of hydrogen-bond donors (Lipinski definition) is 2. The van der Waals surface area contributed by atoms with Gasteiger partial charge in [-0.15, -0.1) is 0 Å². The smallest absolute Gasteiger partial charge is 0.411 e. The molecule has 1 rings (SSSR count). The van der Waals surface area contributed by atoms with Crippen molar-refractivity contribution >= 4 is 40.9 Å². The molecule has 7 nitrogen and oxygen atoms in total. The molecule has 0 radical (unpaired) electrons. The van der Waals surface area contributed by atoms with Gasteiger partial charge in [0.2, 0.25) is 5.91 Å². The summed E-state index contributed by atoms with van der Waals surface area (Å²) < 4.78 is 9.71. The number of rotatable bonds is 4. The van der Waals surface area contributed by atoms with Crippen LogP contribution >= 0.6 is 11.6 Å². The number of hydrogen-bond acceptors (Lipinski definition) is 5. The molecule has 0 heterocycles. The van der Waals surface area contributed by atoms with Gasteiger partial charge >= 0.3 is 12.1 Å². The summed E-state index contributed by atoms with van der Waals surface area (Å²) in [5.74, 6) is -0.870. The molecule has 114 valence electrons. The third-order valence-corrected chi connectivity index (χ3v) is 2.46. The summed E-state index contributed by atoms with van der Waals surface area (Å²) in [7, 11) is 0. The van der Waals surface area contributed by atoms with Crippen LogP contribution in [-0.2, 0) is 14.3 Å². The fraction of sp³-hybridized carbons (Fsp3) is 0.308. The zero-order valence-corrected chi connectivity index (χ0v) is 12.5. The van der Waals surface area contributed by atoms with Crippen molar-refractivity contribution in [2.75, 3.05) is 17.2 Å². The molecule has 0 aliphatic heterocycles. The van der Waals surface area contributed by atoms with E-state index in [4.69, 9.17) is 21.1 Å². The van der Waals surface area contributed by atoms with Crippen molar-refractivity contribution in [1.29, 1.82) is 0 Å². The number of esters is 1. The van der Waals surface area contributed by atoms with Crippen LogP contribution in [0.2, 0.25) is 5.02 Å². The molecule has 0 bridgehead atoms. The van der Waals surface area contributed by atoms with Crippen LogP contribution in [0.1, 0.15) is 20.8 Å². The zero-order chi connectivity index (χ0) is 16.0. The Balaban J connectivity index is 3.13. The van der Waals surface area contributed by atoms with Crippen molar-refractivity contribution < 1.29 is 23.9 Å². The lowest BCUT2D eigenvalue weighted by molar-refractivity contribution is -0.131. The molecule has 21 heavy (non-hydrogen) atoms. The van der Waals surface area contributed by atoms with Gasteiger partial charge in [-0.1, -0.05) is 11.6 Å². The Bertz CT molecular complexity index is 574. The number of carbonyl (C=O) groups is 3. The Hall–Kier alpha value is -2.28. The van der Waals surface area contributed by atoms with Crippen molar-refractivity contribution in [2.45, 2.75) is 20.8 Å². The van der Waals surface area contributed by atoms with Crippen molar-refractivity contribution in [1.82, 2.24) is 0 Å². The van der Waals surface area contributed by atoms with Crippen LogP contribution < -0.4 is 15.4 Å². The molecule has 0 aliphatic carbocycles. The Morgan fingerprint density at radius 1 is 1.14 bits per heavy atom. The van der Waals surface area contributed by atoms with Gasteiger partial charge in [0.05, 0.1) is 23.0 Å². The molecule has 0 atom stereocenters. The molecule has 0 unspecified atom stereocenters. The minimum absolute atomic E-state index is 0.0638. The van der Waals surface area contributed by atoms with E-state index >= 15 is 0 Å². The van der Waals surface area contributed by atoms with Gasteiger partial charge in [-0.25, -0.2) is 4.79 Å². The van der Waals surface area contributed by atoms with Gasteiger partial charge in [0.15, 0.2) is 5.75 Å². The van der Waals surface area contributed by atoms with Crippen molar-refractivity contribution in [3.05, 3.63) is 17.2 Å². The summed E-state index contributed by atoms with van der Waals surface area (Å²) in [5, 5.41) is 5.04. The van der Waals surface area contributed by atoms with Gasteiger partial charge in [0.25, 0.3) is 0 Å². The lowest BCUT2D eigenvalue weighted by Gasteiger charge is -2.13. The molecule has 0 fully saturated rings. The van der Waals surface area contributed by atoms with Crippen LogP contribution in [0.5, 0.6) is 5.75 Å². The predicted molar refractivity (Wildman–Crippen MR) is 77.7 cm³/mol. The fourth-order valence-electron chi connectivity index (χ4n) is 1.45. The largest absolute Gasteiger partial charge is 0.450 e. The maximum absolute atomic E-state index is 11.4. The average Bonchev–Trinajstić information content (AvgIpc) is 2.33. The fourth-order valence-corrected chi connectivity index (χ4v) is 1.66. The Kier molecular flexibility index (Phi) is 5.98. The molecule has 0 saturated carbocycles. The minimum Gasteiger partial charge on any atom is -0.450 e. The van der Waals surface area contributed by atoms with E-state index in [2.05, 4.69) is 10.6 Å². The summed E-state index contributed by atoms with van der Waals surface area (Å²) >= 11 is 6.00. The first-order valence-electron chi connectivity index (χ1n) is 6.06. The standard InChI is InChI=1S/C13H15ClN2O5/c1-4-20-13(19)16-10-6-12(21-8(3)18)11(5-9(10)14)15-7(2)17/h5-6H,4H2,1-3H3,(H,15,17)(H,16,19). The molecule has 0 aliphatic rings. The van der Waals surface area contributed by atoms with Crippen LogP contribution in [-0.4, -0.2) is 24.6 Å². The van der Waals surface area contributed by atoms with E-state index in [-0.39, 0.29) is 34.7 Å². The quantitative estimate of drug-likeness (QED) is 0.658. The summed E-state index contributed by atoms with van der Waals surface area (Å²) in [4.78, 5) is 33.6. The first kappa shape index (κ1) is 16.8. The molecule has 0 aromatic heterocycles. The van der Waals surface area contributed by atoms with Crippen LogP contribution in [0, 0.1) is 0 Å². The normalized spacial score (nSPS) is 9.71. The van der Waals surface area contributed by atoms with Gasteiger partial charge in [-0.3, -0.25) is 14.9 Å². The van der Waals surface area contributed by atoms with Gasteiger partial charge in [-0.05, 0) is 13.0 Å². The molecule has 0 spiro atoms. The second-order valence-electron chi connectivity index (χ2n) is 3.95. The first-order valence-corrected chi connectivity index (χ1v) is 6.44. The van der Waals surface area contributed by atoms with Crippen molar-refractivity contribution in [2.24, 2.45) is 0 Å². The van der Waals surface area contributed by atoms with Crippen LogP contribution in [0.4, 0.5) is 16.2 Å². The number of halogens is 1. The number of carbonyl (C=O) groups excluding carboxylic acids is 3. The van der Waals surface area contributed by atoms with Crippen molar-refractivity contribution in [3.63, 3.8) is 0 Å². The summed E-state index contributed by atoms with van der Waals surface area (Å²) in [5.41, 5.74) is 0.414. The molecular weight excluding hydrogens is 300 g/mol. The number of amides is 2. The van der Waals surface area contributed by atoms with E-state index in [0.29, 0.717) is 0 Å². The number of nitrogens with one attached hydrogen (secondary N) is 2. The van der Waals surface area contributed by atoms with E-state index in [1.165, 1.54) is 26.0 Å². The minimum atomic E-state index is -0.694. The summed E-state index contributed by atoms with van der Waals surface area (Å²) in [6, 6.07) is 2.69. The molecule has 2 amide bonds. The molecule has 1 aromatic rings. The highest BCUT2D eigenvalue weighted by molar-refractivity contribution is 6.34. The Morgan fingerprint density at radius 3 is 2.33 bits per heavy atom. The third kappa shape index (κ3) is 5.31. The lowest BCUT2D eigenvalue weighted by atomic mass is 10.2. The molecular formula is C13H15ClN2O5. The van der Waals surface area contributed by atoms with Crippen LogP contribution in [0.25, 0.3) is 0 Å². The van der Waals surface area contributed by atoms with Gasteiger partial charge in [0.1, 0.15) is 0 Å². The lowest BCUT2D eigenvalue weighted by Crippen LogP contribution is -2.15. The van der Waals surface area contributed by atoms with E-state index in [9.17, 15) is 14.4 Å². The molecule has 1 aromatic carbocycles. The molecule has 8 heteroatoms. The SMILES string of the molecule is CCOC(=O)Nc1cc(OC(C)=O)c(NC(C)=O)cc1Cl. The van der Waals surface area contributed by atoms with E-state index in [1.54, 1.807) is 6.92 Å². The first-order chi connectivity index (χ1) is 9.83. The van der Waals surface area contributed by atoms with Gasteiger partial charge in [0, 0.05) is 19.9 Å². The topological polar surface area (TPSA) is 93.7 Å². The second-order valence-corrected chi connectivity index (χ2v) is 4.36. The van der Waals surface area contributed by atoms with Crippen LogP contribution in [0.3, 0.4) is 0 Å². The van der Waals surface area contributed by atoms with Gasteiger partial charge in [-0.2, -0.15) is 0 Å². The molecule has 2 N–H and O–H groups in total. The Morgan fingerprint density at radius 2 is 1.81 bits per heavy atom. The highest BCUT2D eigenvalue weighted by Crippen LogP contribution is 2.35. The summed E-state index contributed by atoms with van der Waals surface area (Å²) in [6.07, 6.45) is -0.694. The average molecular weight is 315 g/mol. The monoisotopic (exact) mass is 314 g/mol. The highest BCUT2D eigenvalue weighted by atomic mass is 35.5. The van der Waals surface area contributed by atoms with E-state index < -0.39 is 12.1 Å². The van der Waals surface area contributed by atoms with E-state index in [0.717, 1.165) is 0 Å². The third-order valence-electron chi connectivity index (χ3n) is 2.15. The maximum Gasteiger partial charge on any atom is 0.411 e. The van der Waals surface area contributed by atoms with Gasteiger partial charge < -0.3 is 14.8 Å². The molecule has 0 saturated heterocycles.